The molecule has 0 saturated heterocycles. The van der Waals surface area contributed by atoms with Crippen LogP contribution in [0.2, 0.25) is 0 Å². The van der Waals surface area contributed by atoms with E-state index >= 15 is 0 Å². The molecule has 0 aromatic carbocycles. The Balaban J connectivity index is 3.12. The molecule has 0 spiro atoms. The highest BCUT2D eigenvalue weighted by molar-refractivity contribution is 5.97. The minimum atomic E-state index is -4.54. The number of pyridine rings is 1. The molecule has 2 N–H and O–H groups in total. The van der Waals surface area contributed by atoms with Gasteiger partial charge >= 0.3 is 6.18 Å². The lowest BCUT2D eigenvalue weighted by Gasteiger charge is -2.10. The van der Waals surface area contributed by atoms with Gasteiger partial charge in [-0.1, -0.05) is 0 Å². The maximum absolute atomic E-state index is 12.4. The van der Waals surface area contributed by atoms with Gasteiger partial charge < -0.3 is 5.73 Å². The van der Waals surface area contributed by atoms with Crippen LogP contribution in [0.15, 0.2) is 18.5 Å². The van der Waals surface area contributed by atoms with Gasteiger partial charge in [0.05, 0.1) is 5.56 Å². The lowest BCUT2D eigenvalue weighted by Crippen LogP contribution is -2.15. The van der Waals surface area contributed by atoms with Crippen LogP contribution in [0.3, 0.4) is 0 Å². The number of hydrogen-bond acceptors (Lipinski definition) is 3. The summed E-state index contributed by atoms with van der Waals surface area (Å²) in [6.07, 6.45) is -2.74. The summed E-state index contributed by atoms with van der Waals surface area (Å²) in [6, 6.07) is 0.781. The first-order chi connectivity index (χ1) is 6.96. The van der Waals surface area contributed by atoms with E-state index in [0.717, 1.165) is 18.5 Å². The molecule has 0 bridgehead atoms. The fourth-order valence-corrected chi connectivity index (χ4v) is 1.13. The van der Waals surface area contributed by atoms with E-state index in [4.69, 9.17) is 5.73 Å². The van der Waals surface area contributed by atoms with E-state index in [1.54, 1.807) is 0 Å². The zero-order valence-corrected chi connectivity index (χ0v) is 7.71. The summed E-state index contributed by atoms with van der Waals surface area (Å²) in [4.78, 5) is 14.8. The van der Waals surface area contributed by atoms with Gasteiger partial charge in [-0.25, -0.2) is 0 Å². The van der Waals surface area contributed by atoms with E-state index in [0.29, 0.717) is 0 Å². The van der Waals surface area contributed by atoms with Gasteiger partial charge in [0.15, 0.2) is 5.78 Å². The third-order valence-electron chi connectivity index (χ3n) is 1.80. The lowest BCUT2D eigenvalue weighted by atomic mass is 10.0. The van der Waals surface area contributed by atoms with Gasteiger partial charge in [-0.3, -0.25) is 9.78 Å². The van der Waals surface area contributed by atoms with Crippen LogP contribution < -0.4 is 5.73 Å². The Hall–Kier alpha value is -1.43. The van der Waals surface area contributed by atoms with Crippen molar-refractivity contribution in [3.05, 3.63) is 29.6 Å². The predicted molar refractivity (Wildman–Crippen MR) is 47.2 cm³/mol. The monoisotopic (exact) mass is 218 g/mol. The SMILES string of the molecule is NCCC(=O)c1cnccc1C(F)(F)F. The van der Waals surface area contributed by atoms with Gasteiger partial charge in [0.1, 0.15) is 0 Å². The minimum Gasteiger partial charge on any atom is -0.330 e. The number of Topliss-reactive ketones (excluding diaryl/α,β-unsaturated/α-hetero) is 1. The third kappa shape index (κ3) is 2.76. The molecule has 0 aliphatic rings. The summed E-state index contributed by atoms with van der Waals surface area (Å²) in [5, 5.41) is 0. The molecule has 0 fully saturated rings. The van der Waals surface area contributed by atoms with E-state index in [1.807, 2.05) is 0 Å². The number of nitrogens with zero attached hydrogens (tertiary/aromatic N) is 1. The Morgan fingerprint density at radius 3 is 2.67 bits per heavy atom. The molecular weight excluding hydrogens is 209 g/mol. The first kappa shape index (κ1) is 11.6. The average molecular weight is 218 g/mol. The number of alkyl halides is 3. The number of nitrogens with two attached hydrogens (primary N) is 1. The predicted octanol–water partition coefficient (Wildman–Crippen LogP) is 1.63. The van der Waals surface area contributed by atoms with Crippen molar-refractivity contribution >= 4 is 5.78 Å². The third-order valence-corrected chi connectivity index (χ3v) is 1.80. The van der Waals surface area contributed by atoms with Gasteiger partial charge in [-0.05, 0) is 12.6 Å². The fraction of sp³-hybridized carbons (Fsp3) is 0.333. The molecule has 6 heteroatoms. The van der Waals surface area contributed by atoms with Crippen molar-refractivity contribution in [2.24, 2.45) is 5.73 Å². The molecule has 1 heterocycles. The molecule has 0 aliphatic heterocycles. The van der Waals surface area contributed by atoms with E-state index in [-0.39, 0.29) is 13.0 Å². The topological polar surface area (TPSA) is 56.0 Å². The van der Waals surface area contributed by atoms with Gasteiger partial charge in [-0.2, -0.15) is 13.2 Å². The summed E-state index contributed by atoms with van der Waals surface area (Å²) in [7, 11) is 0. The van der Waals surface area contributed by atoms with Crippen molar-refractivity contribution in [3.63, 3.8) is 0 Å². The quantitative estimate of drug-likeness (QED) is 0.784. The van der Waals surface area contributed by atoms with Crippen LogP contribution in [0.4, 0.5) is 13.2 Å². The van der Waals surface area contributed by atoms with E-state index in [9.17, 15) is 18.0 Å². The highest BCUT2D eigenvalue weighted by Crippen LogP contribution is 2.31. The standard InChI is InChI=1S/C9H9F3N2O/c10-9(11,12)7-2-4-14-5-6(7)8(15)1-3-13/h2,4-5H,1,3,13H2. The largest absolute Gasteiger partial charge is 0.417 e. The Morgan fingerprint density at radius 1 is 1.47 bits per heavy atom. The van der Waals surface area contributed by atoms with Gasteiger partial charge in [-0.15, -0.1) is 0 Å². The average Bonchev–Trinajstić information content (AvgIpc) is 2.17. The molecule has 0 unspecified atom stereocenters. The molecule has 3 nitrogen and oxygen atoms in total. The van der Waals surface area contributed by atoms with Crippen LogP contribution in [0, 0.1) is 0 Å². The van der Waals surface area contributed by atoms with Crippen LogP contribution in [0.1, 0.15) is 22.3 Å². The Labute approximate surface area is 84.1 Å². The molecule has 0 atom stereocenters. The highest BCUT2D eigenvalue weighted by atomic mass is 19.4. The summed E-state index contributed by atoms with van der Waals surface area (Å²) >= 11 is 0. The number of ketones is 1. The molecule has 1 rings (SSSR count). The number of carbonyl (C=O) groups excluding carboxylic acids is 1. The second-order valence-electron chi connectivity index (χ2n) is 2.88. The Bertz CT molecular complexity index is 363. The van der Waals surface area contributed by atoms with E-state index in [1.165, 1.54) is 0 Å². The minimum absolute atomic E-state index is 0.0189. The van der Waals surface area contributed by atoms with Gasteiger partial charge in [0.2, 0.25) is 0 Å². The molecule has 0 amide bonds. The molecular formula is C9H9F3N2O. The molecule has 0 saturated carbocycles. The highest BCUT2D eigenvalue weighted by Gasteiger charge is 2.34. The van der Waals surface area contributed by atoms with Crippen molar-refractivity contribution < 1.29 is 18.0 Å². The van der Waals surface area contributed by atoms with Crippen molar-refractivity contribution in [2.75, 3.05) is 6.54 Å². The van der Waals surface area contributed by atoms with Gasteiger partial charge in [0.25, 0.3) is 0 Å². The Kier molecular flexibility index (Phi) is 3.41. The summed E-state index contributed by atoms with van der Waals surface area (Å²) < 4.78 is 37.3. The molecule has 0 aliphatic carbocycles. The summed E-state index contributed by atoms with van der Waals surface area (Å²) in [5.74, 6) is -0.641. The summed E-state index contributed by atoms with van der Waals surface area (Å²) in [5.41, 5.74) is 3.72. The molecule has 1 aromatic heterocycles. The normalized spacial score (nSPS) is 11.5. The molecule has 1 aromatic rings. The zero-order valence-electron chi connectivity index (χ0n) is 7.71. The van der Waals surface area contributed by atoms with Crippen LogP contribution in [-0.2, 0) is 6.18 Å². The molecule has 0 radical (unpaired) electrons. The number of carbonyl (C=O) groups is 1. The second-order valence-corrected chi connectivity index (χ2v) is 2.88. The van der Waals surface area contributed by atoms with E-state index in [2.05, 4.69) is 4.98 Å². The second kappa shape index (κ2) is 4.39. The van der Waals surface area contributed by atoms with Crippen LogP contribution >= 0.6 is 0 Å². The smallest absolute Gasteiger partial charge is 0.330 e. The van der Waals surface area contributed by atoms with Crippen LogP contribution in [0.25, 0.3) is 0 Å². The zero-order chi connectivity index (χ0) is 11.5. The van der Waals surface area contributed by atoms with Crippen molar-refractivity contribution in [3.8, 4) is 0 Å². The number of rotatable bonds is 3. The maximum atomic E-state index is 12.4. The first-order valence-corrected chi connectivity index (χ1v) is 4.21. The van der Waals surface area contributed by atoms with Crippen molar-refractivity contribution in [1.29, 1.82) is 0 Å². The Morgan fingerprint density at radius 2 is 2.13 bits per heavy atom. The van der Waals surface area contributed by atoms with Crippen LogP contribution in [-0.4, -0.2) is 17.3 Å². The van der Waals surface area contributed by atoms with E-state index < -0.39 is 23.1 Å². The molecule has 82 valence electrons. The van der Waals surface area contributed by atoms with Crippen LogP contribution in [0.5, 0.6) is 0 Å². The molecule has 15 heavy (non-hydrogen) atoms. The lowest BCUT2D eigenvalue weighted by molar-refractivity contribution is -0.138. The number of hydrogen-bond donors (Lipinski definition) is 1. The number of halogens is 3. The maximum Gasteiger partial charge on any atom is 0.417 e. The summed E-state index contributed by atoms with van der Waals surface area (Å²) in [6.45, 7) is 0.0189. The number of aromatic nitrogens is 1. The fourth-order valence-electron chi connectivity index (χ4n) is 1.13. The van der Waals surface area contributed by atoms with Crippen molar-refractivity contribution in [2.45, 2.75) is 12.6 Å². The van der Waals surface area contributed by atoms with Gasteiger partial charge in [0, 0.05) is 24.4 Å². The van der Waals surface area contributed by atoms with Crippen molar-refractivity contribution in [1.82, 2.24) is 4.98 Å². The first-order valence-electron chi connectivity index (χ1n) is 4.21.